The van der Waals surface area contributed by atoms with Crippen LogP contribution in [-0.4, -0.2) is 78.0 Å². The van der Waals surface area contributed by atoms with E-state index in [1.807, 2.05) is 20.8 Å². The smallest absolute Gasteiger partial charge is 0.410 e. The molecule has 2 fully saturated rings. The van der Waals surface area contributed by atoms with Gasteiger partial charge in [0.25, 0.3) is 0 Å². The van der Waals surface area contributed by atoms with Gasteiger partial charge in [0.2, 0.25) is 0 Å². The van der Waals surface area contributed by atoms with Crippen LogP contribution in [0.3, 0.4) is 0 Å². The highest BCUT2D eigenvalue weighted by molar-refractivity contribution is 5.69. The lowest BCUT2D eigenvalue weighted by molar-refractivity contribution is -0.113. The first-order chi connectivity index (χ1) is 8.77. The second kappa shape index (κ2) is 5.26. The Morgan fingerprint density at radius 2 is 1.89 bits per heavy atom. The van der Waals surface area contributed by atoms with Crippen LogP contribution in [0.15, 0.2) is 0 Å². The largest absolute Gasteiger partial charge is 0.444 e. The van der Waals surface area contributed by atoms with E-state index in [9.17, 15) is 9.90 Å². The Bertz CT molecular complexity index is 329. The van der Waals surface area contributed by atoms with Gasteiger partial charge < -0.3 is 20.1 Å². The van der Waals surface area contributed by atoms with Crippen molar-refractivity contribution in [2.24, 2.45) is 0 Å². The summed E-state index contributed by atoms with van der Waals surface area (Å²) in [5, 5.41) is 13.6. The fraction of sp³-hybridized carbons (Fsp3) is 0.923. The van der Waals surface area contributed by atoms with Crippen LogP contribution in [0, 0.1) is 0 Å². The number of β-amino-alcohol motifs (C(OH)–C–C–N with tert-alkyl or cyclic N) is 1. The summed E-state index contributed by atoms with van der Waals surface area (Å²) < 4.78 is 5.28. The van der Waals surface area contributed by atoms with Gasteiger partial charge in [-0.3, -0.25) is 4.90 Å². The van der Waals surface area contributed by atoms with Crippen molar-refractivity contribution in [2.75, 3.05) is 45.8 Å². The summed E-state index contributed by atoms with van der Waals surface area (Å²) >= 11 is 0. The van der Waals surface area contributed by atoms with Crippen LogP contribution >= 0.6 is 0 Å². The highest BCUT2D eigenvalue weighted by Crippen LogP contribution is 2.24. The van der Waals surface area contributed by atoms with Gasteiger partial charge in [-0.25, -0.2) is 4.79 Å². The number of nitrogens with zero attached hydrogens (tertiary/aromatic N) is 2. The second-order valence-corrected chi connectivity index (χ2v) is 6.59. The third-order valence-electron chi connectivity index (χ3n) is 3.35. The topological polar surface area (TPSA) is 65.0 Å². The summed E-state index contributed by atoms with van der Waals surface area (Å²) in [5.41, 5.74) is -1.25. The number of ether oxygens (including phenoxy) is 1. The average Bonchev–Trinajstić information content (AvgIpc) is 2.24. The third kappa shape index (κ3) is 4.06. The molecular formula is C13H25N3O3. The van der Waals surface area contributed by atoms with Crippen LogP contribution in [0.1, 0.15) is 20.8 Å². The number of piperazine rings is 1. The molecule has 110 valence electrons. The Balaban J connectivity index is 1.75. The third-order valence-corrected chi connectivity index (χ3v) is 3.35. The van der Waals surface area contributed by atoms with E-state index in [4.69, 9.17) is 4.74 Å². The number of aliphatic hydroxyl groups is 1. The van der Waals surface area contributed by atoms with E-state index in [0.29, 0.717) is 19.6 Å². The zero-order valence-corrected chi connectivity index (χ0v) is 12.1. The molecule has 2 aliphatic heterocycles. The van der Waals surface area contributed by atoms with Gasteiger partial charge in [-0.2, -0.15) is 0 Å². The molecule has 0 aliphatic carbocycles. The fourth-order valence-corrected chi connectivity index (χ4v) is 2.51. The molecule has 0 aromatic carbocycles. The molecule has 6 heteroatoms. The lowest BCUT2D eigenvalue weighted by atomic mass is 9.93. The molecule has 2 N–H and O–H groups in total. The standard InChI is InChI=1S/C13H25N3O3/c1-12(2,3)19-11(17)16-9-13(18,10-16)8-15-6-4-14-5-7-15/h14,18H,4-10H2,1-3H3. The molecule has 0 unspecified atom stereocenters. The first kappa shape index (κ1) is 14.6. The zero-order chi connectivity index (χ0) is 14.1. The number of hydrogen-bond acceptors (Lipinski definition) is 5. The first-order valence-corrected chi connectivity index (χ1v) is 6.91. The van der Waals surface area contributed by atoms with Crippen LogP contribution in [0.25, 0.3) is 0 Å². The average molecular weight is 271 g/mol. The van der Waals surface area contributed by atoms with Gasteiger partial charge in [0.05, 0.1) is 13.1 Å². The van der Waals surface area contributed by atoms with Gasteiger partial charge in [-0.05, 0) is 20.8 Å². The molecule has 6 nitrogen and oxygen atoms in total. The van der Waals surface area contributed by atoms with Gasteiger partial charge in [0, 0.05) is 32.7 Å². The summed E-state index contributed by atoms with van der Waals surface area (Å²) in [6, 6.07) is 0. The number of carbonyl (C=O) groups excluding carboxylic acids is 1. The van der Waals surface area contributed by atoms with E-state index < -0.39 is 11.2 Å². The predicted molar refractivity (Wildman–Crippen MR) is 72.1 cm³/mol. The van der Waals surface area contributed by atoms with Crippen LogP contribution in [0.4, 0.5) is 4.79 Å². The minimum absolute atomic E-state index is 0.336. The number of hydrogen-bond donors (Lipinski definition) is 2. The predicted octanol–water partition coefficient (Wildman–Crippen LogP) is -0.127. The molecule has 0 aromatic heterocycles. The van der Waals surface area contributed by atoms with E-state index >= 15 is 0 Å². The Morgan fingerprint density at radius 3 is 2.42 bits per heavy atom. The maximum Gasteiger partial charge on any atom is 0.410 e. The molecule has 0 saturated carbocycles. The number of carbonyl (C=O) groups is 1. The summed E-state index contributed by atoms with van der Waals surface area (Å²) in [4.78, 5) is 15.6. The molecule has 0 spiro atoms. The Kier molecular flexibility index (Phi) is 4.03. The van der Waals surface area contributed by atoms with Gasteiger partial charge in [0.15, 0.2) is 0 Å². The van der Waals surface area contributed by atoms with Crippen molar-refractivity contribution in [3.8, 4) is 0 Å². The number of amides is 1. The summed E-state index contributed by atoms with van der Waals surface area (Å²) in [7, 11) is 0. The number of nitrogens with one attached hydrogen (secondary N) is 1. The molecule has 0 atom stereocenters. The molecule has 0 radical (unpaired) electrons. The highest BCUT2D eigenvalue weighted by Gasteiger charge is 2.46. The minimum atomic E-state index is -0.770. The number of rotatable bonds is 2. The summed E-state index contributed by atoms with van der Waals surface area (Å²) in [5.74, 6) is 0. The lowest BCUT2D eigenvalue weighted by Crippen LogP contribution is -2.68. The zero-order valence-electron chi connectivity index (χ0n) is 12.1. The normalized spacial score (nSPS) is 23.9. The Hall–Kier alpha value is -0.850. The molecule has 2 rings (SSSR count). The maximum atomic E-state index is 11.8. The van der Waals surface area contributed by atoms with Crippen molar-refractivity contribution in [1.82, 2.24) is 15.1 Å². The van der Waals surface area contributed by atoms with Crippen molar-refractivity contribution >= 4 is 6.09 Å². The number of likely N-dealkylation sites (tertiary alicyclic amines) is 1. The van der Waals surface area contributed by atoms with Crippen LogP contribution in [0.5, 0.6) is 0 Å². The minimum Gasteiger partial charge on any atom is -0.444 e. The molecule has 2 saturated heterocycles. The summed E-state index contributed by atoms with van der Waals surface area (Å²) in [6.07, 6.45) is -0.336. The highest BCUT2D eigenvalue weighted by atomic mass is 16.6. The van der Waals surface area contributed by atoms with Gasteiger partial charge >= 0.3 is 6.09 Å². The van der Waals surface area contributed by atoms with Crippen molar-refractivity contribution in [2.45, 2.75) is 32.0 Å². The van der Waals surface area contributed by atoms with E-state index in [1.54, 1.807) is 4.90 Å². The van der Waals surface area contributed by atoms with Crippen LogP contribution < -0.4 is 5.32 Å². The molecule has 1 amide bonds. The SMILES string of the molecule is CC(C)(C)OC(=O)N1CC(O)(CN2CCNCC2)C1. The van der Waals surface area contributed by atoms with E-state index in [1.165, 1.54) is 0 Å². The van der Waals surface area contributed by atoms with Crippen LogP contribution in [0.2, 0.25) is 0 Å². The fourth-order valence-electron chi connectivity index (χ4n) is 2.51. The van der Waals surface area contributed by atoms with Crippen molar-refractivity contribution < 1.29 is 14.6 Å². The second-order valence-electron chi connectivity index (χ2n) is 6.59. The van der Waals surface area contributed by atoms with Crippen molar-refractivity contribution in [3.05, 3.63) is 0 Å². The molecule has 0 aromatic rings. The quantitative estimate of drug-likeness (QED) is 0.733. The maximum absolute atomic E-state index is 11.8. The lowest BCUT2D eigenvalue weighted by Gasteiger charge is -2.48. The van der Waals surface area contributed by atoms with Gasteiger partial charge in [-0.15, -0.1) is 0 Å². The van der Waals surface area contributed by atoms with E-state index in [0.717, 1.165) is 26.2 Å². The van der Waals surface area contributed by atoms with Crippen molar-refractivity contribution in [3.63, 3.8) is 0 Å². The Morgan fingerprint density at radius 1 is 1.32 bits per heavy atom. The molecule has 0 bridgehead atoms. The molecular weight excluding hydrogens is 246 g/mol. The van der Waals surface area contributed by atoms with Gasteiger partial charge in [-0.1, -0.05) is 0 Å². The molecule has 2 aliphatic rings. The monoisotopic (exact) mass is 271 g/mol. The molecule has 2 heterocycles. The van der Waals surface area contributed by atoms with E-state index in [-0.39, 0.29) is 6.09 Å². The van der Waals surface area contributed by atoms with Crippen LogP contribution in [-0.2, 0) is 4.74 Å². The first-order valence-electron chi connectivity index (χ1n) is 6.91. The molecule has 19 heavy (non-hydrogen) atoms. The summed E-state index contributed by atoms with van der Waals surface area (Å²) in [6.45, 7) is 10.7. The van der Waals surface area contributed by atoms with Crippen molar-refractivity contribution in [1.29, 1.82) is 0 Å². The van der Waals surface area contributed by atoms with E-state index in [2.05, 4.69) is 10.2 Å². The Labute approximate surface area is 114 Å². The van der Waals surface area contributed by atoms with Gasteiger partial charge in [0.1, 0.15) is 11.2 Å².